The smallest absolute Gasteiger partial charge is 0.323 e. The van der Waals surface area contributed by atoms with E-state index in [1.807, 2.05) is 6.07 Å². The lowest BCUT2D eigenvalue weighted by Crippen LogP contribution is -2.03. The molecule has 1 heterocycles. The van der Waals surface area contributed by atoms with Gasteiger partial charge in [-0.05, 0) is 0 Å². The minimum Gasteiger partial charge on any atom is -0.465 e. The molecule has 0 N–H and O–H groups in total. The maximum absolute atomic E-state index is 10.4. The summed E-state index contributed by atoms with van der Waals surface area (Å²) in [5, 5.41) is 8.19. The van der Waals surface area contributed by atoms with Crippen LogP contribution >= 0.6 is 0 Å². The van der Waals surface area contributed by atoms with Gasteiger partial charge >= 0.3 is 5.97 Å². The van der Waals surface area contributed by atoms with Gasteiger partial charge in [0, 0.05) is 6.42 Å². The Kier molecular flexibility index (Phi) is 1.17. The zero-order chi connectivity index (χ0) is 5.98. The predicted octanol–water partition coefficient (Wildman–Crippen LogP) is 0.0731. The van der Waals surface area contributed by atoms with Crippen molar-refractivity contribution in [2.45, 2.75) is 6.42 Å². The van der Waals surface area contributed by atoms with Crippen molar-refractivity contribution < 1.29 is 9.53 Å². The predicted molar refractivity (Wildman–Crippen MR) is 24.7 cm³/mol. The molecule has 0 unspecified atom stereocenters. The molecule has 42 valence electrons. The molecule has 1 aliphatic heterocycles. The van der Waals surface area contributed by atoms with Crippen LogP contribution in [-0.2, 0) is 9.53 Å². The number of cyclic esters (lactones) is 1. The van der Waals surface area contributed by atoms with Gasteiger partial charge in [-0.25, -0.2) is 0 Å². The first kappa shape index (κ1) is 5.10. The van der Waals surface area contributed by atoms with Gasteiger partial charge in [0.1, 0.15) is 5.92 Å². The summed E-state index contributed by atoms with van der Waals surface area (Å²) < 4.78 is 4.49. The fourth-order valence-electron chi connectivity index (χ4n) is 0.613. The zero-order valence-corrected chi connectivity index (χ0v) is 4.26. The maximum atomic E-state index is 10.4. The molecule has 0 radical (unpaired) electrons. The molecule has 1 saturated heterocycles. The summed E-state index contributed by atoms with van der Waals surface area (Å²) in [6, 6.07) is 1.84. The van der Waals surface area contributed by atoms with E-state index in [1.165, 1.54) is 0 Å². The molecular formula is C5H5NO2. The van der Waals surface area contributed by atoms with E-state index in [1.54, 1.807) is 0 Å². The van der Waals surface area contributed by atoms with Crippen molar-refractivity contribution in [1.82, 2.24) is 0 Å². The highest BCUT2D eigenvalue weighted by molar-refractivity contribution is 5.76. The van der Waals surface area contributed by atoms with Crippen LogP contribution < -0.4 is 0 Å². The number of esters is 1. The third kappa shape index (κ3) is 0.648. The number of hydrogen-bond donors (Lipinski definition) is 0. The molecule has 0 spiro atoms. The third-order valence-corrected chi connectivity index (χ3v) is 1.09. The van der Waals surface area contributed by atoms with Gasteiger partial charge in [-0.1, -0.05) is 0 Å². The summed E-state index contributed by atoms with van der Waals surface area (Å²) in [4.78, 5) is 10.4. The lowest BCUT2D eigenvalue weighted by atomic mass is 10.1. The van der Waals surface area contributed by atoms with Crippen molar-refractivity contribution in [3.8, 4) is 6.07 Å². The molecule has 0 aromatic heterocycles. The Balaban J connectivity index is 2.58. The fourth-order valence-corrected chi connectivity index (χ4v) is 0.613. The van der Waals surface area contributed by atoms with Gasteiger partial charge in [-0.15, -0.1) is 0 Å². The van der Waals surface area contributed by atoms with Crippen molar-refractivity contribution in [3.63, 3.8) is 0 Å². The summed E-state index contributed by atoms with van der Waals surface area (Å²) in [6.45, 7) is 0.414. The van der Waals surface area contributed by atoms with Crippen molar-refractivity contribution in [3.05, 3.63) is 0 Å². The van der Waals surface area contributed by atoms with Gasteiger partial charge in [-0.2, -0.15) is 5.26 Å². The van der Waals surface area contributed by atoms with Gasteiger partial charge in [-0.3, -0.25) is 4.79 Å². The van der Waals surface area contributed by atoms with Gasteiger partial charge in [0.2, 0.25) is 0 Å². The molecule has 0 saturated carbocycles. The monoisotopic (exact) mass is 111 g/mol. The summed E-state index contributed by atoms with van der Waals surface area (Å²) >= 11 is 0. The maximum Gasteiger partial charge on any atom is 0.323 e. The molecule has 0 aliphatic carbocycles. The highest BCUT2D eigenvalue weighted by Gasteiger charge is 2.25. The van der Waals surface area contributed by atoms with Crippen LogP contribution in [0.3, 0.4) is 0 Å². The minimum atomic E-state index is -0.491. The molecule has 3 heteroatoms. The summed E-state index contributed by atoms with van der Waals surface area (Å²) in [5.41, 5.74) is 0. The quantitative estimate of drug-likeness (QED) is 0.416. The average Bonchev–Trinajstić information content (AvgIpc) is 2.14. The lowest BCUT2D eigenvalue weighted by molar-refractivity contribution is -0.139. The Morgan fingerprint density at radius 3 is 2.88 bits per heavy atom. The van der Waals surface area contributed by atoms with Crippen LogP contribution in [0.1, 0.15) is 6.42 Å². The van der Waals surface area contributed by atoms with Crippen molar-refractivity contribution >= 4 is 5.97 Å². The lowest BCUT2D eigenvalue weighted by Gasteiger charge is -1.86. The largest absolute Gasteiger partial charge is 0.465 e. The van der Waals surface area contributed by atoms with Gasteiger partial charge in [0.15, 0.2) is 0 Å². The van der Waals surface area contributed by atoms with E-state index in [0.29, 0.717) is 13.0 Å². The highest BCUT2D eigenvalue weighted by atomic mass is 16.5. The first-order valence-corrected chi connectivity index (χ1v) is 2.41. The van der Waals surface area contributed by atoms with E-state index in [4.69, 9.17) is 5.26 Å². The topological polar surface area (TPSA) is 50.1 Å². The normalized spacial score (nSPS) is 26.9. The Morgan fingerprint density at radius 1 is 1.88 bits per heavy atom. The van der Waals surface area contributed by atoms with E-state index in [0.717, 1.165) is 0 Å². The molecule has 0 bridgehead atoms. The van der Waals surface area contributed by atoms with Crippen molar-refractivity contribution in [2.24, 2.45) is 5.92 Å². The Bertz CT molecular complexity index is 147. The van der Waals surface area contributed by atoms with Crippen LogP contribution in [0.4, 0.5) is 0 Å². The van der Waals surface area contributed by atoms with E-state index in [-0.39, 0.29) is 5.97 Å². The molecule has 1 rings (SSSR count). The number of carbonyl (C=O) groups excluding carboxylic acids is 1. The molecule has 0 amide bonds. The number of nitriles is 1. The summed E-state index contributed by atoms with van der Waals surface area (Å²) in [6.07, 6.45) is 0.565. The van der Waals surface area contributed by atoms with E-state index in [2.05, 4.69) is 4.74 Å². The average molecular weight is 111 g/mol. The van der Waals surface area contributed by atoms with E-state index in [9.17, 15) is 4.79 Å². The number of hydrogen-bond acceptors (Lipinski definition) is 3. The fraction of sp³-hybridized carbons (Fsp3) is 0.600. The first-order valence-electron chi connectivity index (χ1n) is 2.41. The van der Waals surface area contributed by atoms with E-state index >= 15 is 0 Å². The van der Waals surface area contributed by atoms with Crippen molar-refractivity contribution in [1.29, 1.82) is 5.26 Å². The second kappa shape index (κ2) is 1.83. The van der Waals surface area contributed by atoms with Crippen LogP contribution in [0.2, 0.25) is 0 Å². The molecular weight excluding hydrogens is 106 g/mol. The van der Waals surface area contributed by atoms with Gasteiger partial charge in [0.05, 0.1) is 12.7 Å². The molecule has 8 heavy (non-hydrogen) atoms. The summed E-state index contributed by atoms with van der Waals surface area (Å²) in [5.74, 6) is -0.859. The number of carbonyl (C=O) groups is 1. The standard InChI is InChI=1S/C5H5NO2/c6-3-4-1-2-8-5(4)7/h4H,1-2H2/t4-/m1/s1. The second-order valence-electron chi connectivity index (χ2n) is 1.64. The summed E-state index contributed by atoms with van der Waals surface area (Å²) in [7, 11) is 0. The van der Waals surface area contributed by atoms with Gasteiger partial charge in [0.25, 0.3) is 0 Å². The van der Waals surface area contributed by atoms with Crippen LogP contribution in [0.25, 0.3) is 0 Å². The van der Waals surface area contributed by atoms with Crippen LogP contribution in [0.5, 0.6) is 0 Å². The number of rotatable bonds is 0. The molecule has 0 aromatic rings. The van der Waals surface area contributed by atoms with Crippen LogP contribution in [-0.4, -0.2) is 12.6 Å². The zero-order valence-electron chi connectivity index (χ0n) is 4.26. The molecule has 3 nitrogen and oxygen atoms in total. The Labute approximate surface area is 46.9 Å². The van der Waals surface area contributed by atoms with Gasteiger partial charge < -0.3 is 4.74 Å². The van der Waals surface area contributed by atoms with Crippen LogP contribution in [0.15, 0.2) is 0 Å². The highest BCUT2D eigenvalue weighted by Crippen LogP contribution is 2.11. The number of ether oxygens (including phenoxy) is 1. The SMILES string of the molecule is N#C[C@H]1CCOC1=O. The molecule has 1 aliphatic rings. The molecule has 0 aromatic carbocycles. The second-order valence-corrected chi connectivity index (χ2v) is 1.64. The Hall–Kier alpha value is -1.04. The number of nitrogens with zero attached hydrogens (tertiary/aromatic N) is 1. The third-order valence-electron chi connectivity index (χ3n) is 1.09. The molecule has 1 fully saturated rings. The van der Waals surface area contributed by atoms with E-state index < -0.39 is 5.92 Å². The Morgan fingerprint density at radius 2 is 2.62 bits per heavy atom. The minimum absolute atomic E-state index is 0.368. The first-order chi connectivity index (χ1) is 3.84. The van der Waals surface area contributed by atoms with Crippen molar-refractivity contribution in [2.75, 3.05) is 6.61 Å². The van der Waals surface area contributed by atoms with Crippen LogP contribution in [0, 0.1) is 17.2 Å². The molecule has 1 atom stereocenters.